The molecule has 0 bridgehead atoms. The van der Waals surface area contributed by atoms with Gasteiger partial charge in [-0.25, -0.2) is 4.98 Å². The molecule has 126 valence electrons. The highest BCUT2D eigenvalue weighted by molar-refractivity contribution is 7.13. The molecule has 0 spiro atoms. The summed E-state index contributed by atoms with van der Waals surface area (Å²) in [7, 11) is 0. The molecule has 0 radical (unpaired) electrons. The van der Waals surface area contributed by atoms with Crippen LogP contribution >= 0.6 is 11.3 Å². The van der Waals surface area contributed by atoms with Gasteiger partial charge in [0.15, 0.2) is 0 Å². The molecule has 4 aromatic rings. The molecule has 0 aliphatic heterocycles. The third-order valence-electron chi connectivity index (χ3n) is 4.83. The van der Waals surface area contributed by atoms with Gasteiger partial charge in [-0.05, 0) is 51.4 Å². The van der Waals surface area contributed by atoms with Gasteiger partial charge in [0.25, 0.3) is 0 Å². The molecular weight excluding hydrogens is 328 g/mol. The first-order valence-corrected chi connectivity index (χ1v) is 9.26. The van der Waals surface area contributed by atoms with E-state index in [0.717, 1.165) is 16.6 Å². The maximum absolute atomic E-state index is 11.4. The van der Waals surface area contributed by atoms with Gasteiger partial charge in [-0.1, -0.05) is 44.2 Å². The quantitative estimate of drug-likeness (QED) is 0.533. The number of benzene rings is 2. The Morgan fingerprint density at radius 2 is 1.88 bits per heavy atom. The second-order valence-electron chi connectivity index (χ2n) is 6.64. The summed E-state index contributed by atoms with van der Waals surface area (Å²) in [6.07, 6.45) is 3.31. The summed E-state index contributed by atoms with van der Waals surface area (Å²) >= 11 is 1.74. The van der Waals surface area contributed by atoms with Crippen molar-refractivity contribution in [2.24, 2.45) is 5.92 Å². The van der Waals surface area contributed by atoms with Gasteiger partial charge >= 0.3 is 0 Å². The Labute approximate surface area is 151 Å². The summed E-state index contributed by atoms with van der Waals surface area (Å²) < 4.78 is 0. The van der Waals surface area contributed by atoms with E-state index >= 15 is 0 Å². The number of nitrogens with one attached hydrogen (secondary N) is 1. The molecule has 0 aliphatic rings. The molecule has 0 saturated heterocycles. The summed E-state index contributed by atoms with van der Waals surface area (Å²) in [5.74, 6) is 0.00999. The second kappa shape index (κ2) is 6.14. The van der Waals surface area contributed by atoms with E-state index in [1.54, 1.807) is 23.9 Å². The molecule has 0 aliphatic carbocycles. The fourth-order valence-electron chi connectivity index (χ4n) is 3.34. The van der Waals surface area contributed by atoms with Crippen LogP contribution in [-0.2, 0) is 5.60 Å². The predicted octanol–water partition coefficient (Wildman–Crippen LogP) is 5.18. The number of imidazole rings is 1. The van der Waals surface area contributed by atoms with Crippen LogP contribution in [0.15, 0.2) is 66.4 Å². The monoisotopic (exact) mass is 348 g/mol. The molecule has 2 N–H and O–H groups in total. The van der Waals surface area contributed by atoms with E-state index in [9.17, 15) is 5.11 Å². The SMILES string of the molecule is CC(C)C(O)(c1ccc2cc(-c3cccs3)ccc2c1)c1cnc[nH]1. The number of hydrogen-bond acceptors (Lipinski definition) is 3. The van der Waals surface area contributed by atoms with Gasteiger partial charge in [-0.2, -0.15) is 0 Å². The molecule has 4 rings (SSSR count). The second-order valence-corrected chi connectivity index (χ2v) is 7.59. The molecule has 1 unspecified atom stereocenters. The minimum Gasteiger partial charge on any atom is -0.379 e. The normalized spacial score (nSPS) is 14.1. The fourth-order valence-corrected chi connectivity index (χ4v) is 4.07. The minimum atomic E-state index is -1.09. The molecular formula is C21H20N2OS. The lowest BCUT2D eigenvalue weighted by molar-refractivity contribution is 0.0281. The Morgan fingerprint density at radius 3 is 2.56 bits per heavy atom. The molecule has 25 heavy (non-hydrogen) atoms. The lowest BCUT2D eigenvalue weighted by Crippen LogP contribution is -2.33. The predicted molar refractivity (Wildman–Crippen MR) is 104 cm³/mol. The Morgan fingerprint density at radius 1 is 1.08 bits per heavy atom. The zero-order valence-corrected chi connectivity index (χ0v) is 15.0. The zero-order chi connectivity index (χ0) is 17.4. The summed E-state index contributed by atoms with van der Waals surface area (Å²) in [5, 5.41) is 15.8. The van der Waals surface area contributed by atoms with Crippen LogP contribution in [0, 0.1) is 5.92 Å². The number of nitrogens with zero attached hydrogens (tertiary/aromatic N) is 1. The first-order chi connectivity index (χ1) is 12.1. The third-order valence-corrected chi connectivity index (χ3v) is 5.75. The number of hydrogen-bond donors (Lipinski definition) is 2. The minimum absolute atomic E-state index is 0.00999. The number of thiophene rings is 1. The number of fused-ring (bicyclic) bond motifs is 1. The van der Waals surface area contributed by atoms with Crippen LogP contribution in [-0.4, -0.2) is 15.1 Å². The van der Waals surface area contributed by atoms with E-state index < -0.39 is 5.60 Å². The van der Waals surface area contributed by atoms with Crippen molar-refractivity contribution in [2.75, 3.05) is 0 Å². The molecule has 1 atom stereocenters. The number of aromatic nitrogens is 2. The third kappa shape index (κ3) is 2.68. The largest absolute Gasteiger partial charge is 0.379 e. The van der Waals surface area contributed by atoms with Crippen LogP contribution in [0.5, 0.6) is 0 Å². The lowest BCUT2D eigenvalue weighted by Gasteiger charge is -2.32. The van der Waals surface area contributed by atoms with Crippen molar-refractivity contribution < 1.29 is 5.11 Å². The van der Waals surface area contributed by atoms with E-state index in [-0.39, 0.29) is 5.92 Å². The van der Waals surface area contributed by atoms with Crippen LogP contribution in [0.25, 0.3) is 21.2 Å². The van der Waals surface area contributed by atoms with Crippen molar-refractivity contribution in [3.63, 3.8) is 0 Å². The van der Waals surface area contributed by atoms with Gasteiger partial charge in [0.1, 0.15) is 5.60 Å². The standard InChI is InChI=1S/C21H20N2OS/c1-14(2)21(24,20-12-22-13-23-20)18-8-7-15-10-17(6-5-16(15)11-18)19-4-3-9-25-19/h3-14,24H,1-2H3,(H,22,23). The van der Waals surface area contributed by atoms with Gasteiger partial charge in [-0.15, -0.1) is 11.3 Å². The average molecular weight is 348 g/mol. The number of H-pyrrole nitrogens is 1. The highest BCUT2D eigenvalue weighted by Crippen LogP contribution is 2.37. The first-order valence-electron chi connectivity index (χ1n) is 8.38. The van der Waals surface area contributed by atoms with Crippen molar-refractivity contribution in [1.82, 2.24) is 9.97 Å². The van der Waals surface area contributed by atoms with Crippen molar-refractivity contribution in [3.8, 4) is 10.4 Å². The van der Waals surface area contributed by atoms with Crippen molar-refractivity contribution in [1.29, 1.82) is 0 Å². The molecule has 2 aromatic carbocycles. The molecule has 0 saturated carbocycles. The van der Waals surface area contributed by atoms with Crippen molar-refractivity contribution >= 4 is 22.1 Å². The Kier molecular flexibility index (Phi) is 3.94. The summed E-state index contributed by atoms with van der Waals surface area (Å²) in [5.41, 5.74) is 1.74. The van der Waals surface area contributed by atoms with E-state index in [1.165, 1.54) is 15.8 Å². The van der Waals surface area contributed by atoms with Crippen LogP contribution < -0.4 is 0 Å². The Bertz CT molecular complexity index is 990. The highest BCUT2D eigenvalue weighted by Gasteiger charge is 2.36. The number of rotatable bonds is 4. The van der Waals surface area contributed by atoms with Gasteiger partial charge in [-0.3, -0.25) is 0 Å². The smallest absolute Gasteiger partial charge is 0.133 e. The molecule has 2 heterocycles. The van der Waals surface area contributed by atoms with Gasteiger partial charge in [0.05, 0.1) is 18.2 Å². The molecule has 0 amide bonds. The Balaban J connectivity index is 1.82. The summed E-state index contributed by atoms with van der Waals surface area (Å²) in [6, 6.07) is 16.9. The van der Waals surface area contributed by atoms with E-state index in [4.69, 9.17) is 0 Å². The van der Waals surface area contributed by atoms with Crippen LogP contribution in [0.1, 0.15) is 25.1 Å². The molecule has 2 aromatic heterocycles. The fraction of sp³-hybridized carbons (Fsp3) is 0.190. The molecule has 4 heteroatoms. The van der Waals surface area contributed by atoms with Crippen molar-refractivity contribution in [2.45, 2.75) is 19.4 Å². The maximum atomic E-state index is 11.4. The van der Waals surface area contributed by atoms with E-state index in [1.807, 2.05) is 19.9 Å². The molecule has 3 nitrogen and oxygen atoms in total. The van der Waals surface area contributed by atoms with Gasteiger partial charge < -0.3 is 10.1 Å². The maximum Gasteiger partial charge on any atom is 0.133 e. The summed E-state index contributed by atoms with van der Waals surface area (Å²) in [4.78, 5) is 8.42. The van der Waals surface area contributed by atoms with Crippen LogP contribution in [0.3, 0.4) is 0 Å². The van der Waals surface area contributed by atoms with E-state index in [0.29, 0.717) is 0 Å². The lowest BCUT2D eigenvalue weighted by atomic mass is 9.80. The number of aromatic amines is 1. The van der Waals surface area contributed by atoms with E-state index in [2.05, 4.69) is 57.8 Å². The highest BCUT2D eigenvalue weighted by atomic mass is 32.1. The first kappa shape index (κ1) is 16.1. The Hall–Kier alpha value is -2.43. The summed E-state index contributed by atoms with van der Waals surface area (Å²) in [6.45, 7) is 4.04. The van der Waals surface area contributed by atoms with Gasteiger partial charge in [0, 0.05) is 4.88 Å². The van der Waals surface area contributed by atoms with Crippen LogP contribution in [0.2, 0.25) is 0 Å². The van der Waals surface area contributed by atoms with Gasteiger partial charge in [0.2, 0.25) is 0 Å². The topological polar surface area (TPSA) is 48.9 Å². The zero-order valence-electron chi connectivity index (χ0n) is 14.2. The average Bonchev–Trinajstić information content (AvgIpc) is 3.33. The molecule has 0 fully saturated rings. The van der Waals surface area contributed by atoms with Crippen molar-refractivity contribution in [3.05, 3.63) is 77.7 Å². The number of aliphatic hydroxyl groups is 1. The van der Waals surface area contributed by atoms with Crippen LogP contribution in [0.4, 0.5) is 0 Å².